The average Bonchev–Trinajstić information content (AvgIpc) is 3.07. The van der Waals surface area contributed by atoms with E-state index in [1.807, 2.05) is 18.2 Å². The number of benzene rings is 2. The van der Waals surface area contributed by atoms with Gasteiger partial charge in [0.25, 0.3) is 5.91 Å². The SMILES string of the molecule is CC(C)NS(=O)(=O)c1ccc(C(=O)Nc2ccccc2-n2cc(Br)cn2)cc1. The van der Waals surface area contributed by atoms with Crippen LogP contribution >= 0.6 is 15.9 Å². The summed E-state index contributed by atoms with van der Waals surface area (Å²) in [5.74, 6) is -0.348. The van der Waals surface area contributed by atoms with Gasteiger partial charge in [0.1, 0.15) is 0 Å². The van der Waals surface area contributed by atoms with E-state index in [4.69, 9.17) is 0 Å². The highest BCUT2D eigenvalue weighted by molar-refractivity contribution is 9.10. The van der Waals surface area contributed by atoms with Crippen LogP contribution in [0.1, 0.15) is 24.2 Å². The Morgan fingerprint density at radius 1 is 1.11 bits per heavy atom. The number of amides is 1. The first-order valence-corrected chi connectivity index (χ1v) is 10.8. The molecule has 0 aliphatic rings. The number of rotatable bonds is 6. The smallest absolute Gasteiger partial charge is 0.255 e. The number of para-hydroxylation sites is 2. The third kappa shape index (κ3) is 4.67. The van der Waals surface area contributed by atoms with E-state index in [-0.39, 0.29) is 16.8 Å². The first-order valence-electron chi connectivity index (χ1n) is 8.49. The fourth-order valence-electron chi connectivity index (χ4n) is 2.57. The summed E-state index contributed by atoms with van der Waals surface area (Å²) in [7, 11) is -3.60. The number of hydrogen-bond donors (Lipinski definition) is 2. The lowest BCUT2D eigenvalue weighted by atomic mass is 10.2. The zero-order chi connectivity index (χ0) is 20.3. The Balaban J connectivity index is 1.81. The van der Waals surface area contributed by atoms with Crippen molar-refractivity contribution >= 4 is 37.5 Å². The Morgan fingerprint density at radius 2 is 1.79 bits per heavy atom. The second-order valence-corrected chi connectivity index (χ2v) is 9.00. The van der Waals surface area contributed by atoms with Gasteiger partial charge in [0, 0.05) is 17.8 Å². The minimum absolute atomic E-state index is 0.111. The van der Waals surface area contributed by atoms with E-state index >= 15 is 0 Å². The second kappa shape index (κ2) is 8.26. The lowest BCUT2D eigenvalue weighted by Crippen LogP contribution is -2.30. The van der Waals surface area contributed by atoms with Gasteiger partial charge >= 0.3 is 0 Å². The number of nitrogens with one attached hydrogen (secondary N) is 2. The summed E-state index contributed by atoms with van der Waals surface area (Å²) in [6.45, 7) is 3.49. The van der Waals surface area contributed by atoms with Crippen molar-refractivity contribution < 1.29 is 13.2 Å². The third-order valence-electron chi connectivity index (χ3n) is 3.77. The molecular formula is C19H19BrN4O3S. The van der Waals surface area contributed by atoms with Crippen molar-refractivity contribution in [2.24, 2.45) is 0 Å². The minimum Gasteiger partial charge on any atom is -0.320 e. The number of hydrogen-bond acceptors (Lipinski definition) is 4. The Kier molecular flexibility index (Phi) is 5.97. The van der Waals surface area contributed by atoms with Crippen LogP contribution in [0.5, 0.6) is 0 Å². The van der Waals surface area contributed by atoms with E-state index in [1.54, 1.807) is 37.0 Å². The number of nitrogens with zero attached hydrogens (tertiary/aromatic N) is 2. The van der Waals surface area contributed by atoms with Crippen LogP contribution < -0.4 is 10.0 Å². The van der Waals surface area contributed by atoms with Gasteiger partial charge < -0.3 is 5.32 Å². The third-order valence-corrected chi connectivity index (χ3v) is 5.85. The highest BCUT2D eigenvalue weighted by Gasteiger charge is 2.16. The Morgan fingerprint density at radius 3 is 2.39 bits per heavy atom. The molecule has 1 aromatic heterocycles. The van der Waals surface area contributed by atoms with Crippen molar-refractivity contribution in [3.8, 4) is 5.69 Å². The van der Waals surface area contributed by atoms with Crippen LogP contribution in [0.15, 0.2) is 70.3 Å². The molecule has 28 heavy (non-hydrogen) atoms. The molecule has 0 saturated carbocycles. The maximum absolute atomic E-state index is 12.6. The molecule has 0 aliphatic heterocycles. The van der Waals surface area contributed by atoms with Crippen LogP contribution in [-0.2, 0) is 10.0 Å². The lowest BCUT2D eigenvalue weighted by molar-refractivity contribution is 0.102. The molecule has 9 heteroatoms. The van der Waals surface area contributed by atoms with Crippen LogP contribution in [0, 0.1) is 0 Å². The first kappa shape index (κ1) is 20.2. The van der Waals surface area contributed by atoms with Crippen molar-refractivity contribution in [3.05, 3.63) is 71.0 Å². The number of anilines is 1. The molecule has 0 aliphatic carbocycles. The van der Waals surface area contributed by atoms with Crippen LogP contribution in [0.4, 0.5) is 5.69 Å². The molecule has 2 N–H and O–H groups in total. The summed E-state index contributed by atoms with van der Waals surface area (Å²) in [5.41, 5.74) is 1.64. The van der Waals surface area contributed by atoms with E-state index < -0.39 is 10.0 Å². The lowest BCUT2D eigenvalue weighted by Gasteiger charge is -2.12. The van der Waals surface area contributed by atoms with Crippen LogP contribution in [0.25, 0.3) is 5.69 Å². The number of carbonyl (C=O) groups excluding carboxylic acids is 1. The molecule has 3 aromatic rings. The molecule has 1 heterocycles. The minimum atomic E-state index is -3.60. The molecule has 0 spiro atoms. The van der Waals surface area contributed by atoms with Gasteiger partial charge in [-0.05, 0) is 66.2 Å². The normalized spacial score (nSPS) is 11.6. The van der Waals surface area contributed by atoms with E-state index in [0.29, 0.717) is 16.9 Å². The number of carbonyl (C=O) groups is 1. The van der Waals surface area contributed by atoms with Crippen molar-refractivity contribution in [2.45, 2.75) is 24.8 Å². The van der Waals surface area contributed by atoms with E-state index in [2.05, 4.69) is 31.1 Å². The number of aromatic nitrogens is 2. The quantitative estimate of drug-likeness (QED) is 0.585. The van der Waals surface area contributed by atoms with Gasteiger partial charge in [0.05, 0.1) is 26.9 Å². The molecule has 0 radical (unpaired) electrons. The first-order chi connectivity index (χ1) is 13.3. The monoisotopic (exact) mass is 462 g/mol. The maximum Gasteiger partial charge on any atom is 0.255 e. The molecule has 1 amide bonds. The van der Waals surface area contributed by atoms with Gasteiger partial charge in [-0.3, -0.25) is 4.79 Å². The molecule has 146 valence electrons. The molecule has 0 saturated heterocycles. The van der Waals surface area contributed by atoms with Gasteiger partial charge in [-0.2, -0.15) is 5.10 Å². The van der Waals surface area contributed by atoms with Gasteiger partial charge in [-0.1, -0.05) is 12.1 Å². The van der Waals surface area contributed by atoms with Crippen molar-refractivity contribution in [2.75, 3.05) is 5.32 Å². The highest BCUT2D eigenvalue weighted by Crippen LogP contribution is 2.22. The standard InChI is InChI=1S/C19H19BrN4O3S/c1-13(2)23-28(26,27)16-9-7-14(8-10-16)19(25)22-17-5-3-4-6-18(17)24-12-15(20)11-21-24/h3-13,23H,1-2H3,(H,22,25). The molecule has 7 nitrogen and oxygen atoms in total. The van der Waals surface area contributed by atoms with Gasteiger partial charge in [0.15, 0.2) is 0 Å². The van der Waals surface area contributed by atoms with Crippen LogP contribution in [0.2, 0.25) is 0 Å². The fourth-order valence-corrected chi connectivity index (χ4v) is 4.11. The summed E-state index contributed by atoms with van der Waals surface area (Å²) in [6.07, 6.45) is 3.44. The Bertz CT molecular complexity index is 1090. The summed E-state index contributed by atoms with van der Waals surface area (Å²) < 4.78 is 29.4. The summed E-state index contributed by atoms with van der Waals surface area (Å²) in [4.78, 5) is 12.7. The Labute approximate surface area is 172 Å². The predicted molar refractivity (Wildman–Crippen MR) is 111 cm³/mol. The average molecular weight is 463 g/mol. The zero-order valence-corrected chi connectivity index (χ0v) is 17.7. The zero-order valence-electron chi connectivity index (χ0n) is 15.3. The topological polar surface area (TPSA) is 93.1 Å². The molecule has 3 rings (SSSR count). The van der Waals surface area contributed by atoms with E-state index in [9.17, 15) is 13.2 Å². The largest absolute Gasteiger partial charge is 0.320 e. The van der Waals surface area contributed by atoms with Crippen molar-refractivity contribution in [1.29, 1.82) is 0 Å². The Hall–Kier alpha value is -2.49. The summed E-state index contributed by atoms with van der Waals surface area (Å²) in [6, 6.07) is 12.8. The molecule has 0 fully saturated rings. The maximum atomic E-state index is 12.6. The van der Waals surface area contributed by atoms with Crippen molar-refractivity contribution in [3.63, 3.8) is 0 Å². The molecule has 0 atom stereocenters. The van der Waals surface area contributed by atoms with E-state index in [0.717, 1.165) is 4.47 Å². The molecular weight excluding hydrogens is 444 g/mol. The molecule has 2 aromatic carbocycles. The summed E-state index contributed by atoms with van der Waals surface area (Å²) in [5, 5.41) is 7.08. The van der Waals surface area contributed by atoms with Gasteiger partial charge in [-0.15, -0.1) is 0 Å². The molecule has 0 unspecified atom stereocenters. The van der Waals surface area contributed by atoms with Crippen LogP contribution in [-0.4, -0.2) is 30.1 Å². The number of sulfonamides is 1. The highest BCUT2D eigenvalue weighted by atomic mass is 79.9. The van der Waals surface area contributed by atoms with Crippen molar-refractivity contribution in [1.82, 2.24) is 14.5 Å². The summed E-state index contributed by atoms with van der Waals surface area (Å²) >= 11 is 3.35. The predicted octanol–water partition coefficient (Wildman–Crippen LogP) is 3.57. The number of halogens is 1. The fraction of sp³-hybridized carbons (Fsp3) is 0.158. The van der Waals surface area contributed by atoms with E-state index in [1.165, 1.54) is 24.3 Å². The second-order valence-electron chi connectivity index (χ2n) is 6.37. The van der Waals surface area contributed by atoms with Gasteiger partial charge in [-0.25, -0.2) is 17.8 Å². The van der Waals surface area contributed by atoms with Gasteiger partial charge in [0.2, 0.25) is 10.0 Å². The van der Waals surface area contributed by atoms with Crippen LogP contribution in [0.3, 0.4) is 0 Å². The molecule has 0 bridgehead atoms.